The minimum Gasteiger partial charge on any atom is -0.398 e. The zero-order valence-corrected chi connectivity index (χ0v) is 11.2. The van der Waals surface area contributed by atoms with E-state index in [1.807, 2.05) is 0 Å². The third kappa shape index (κ3) is 3.16. The number of aryl methyl sites for hydroxylation is 1. The molecule has 0 aromatic heterocycles. The van der Waals surface area contributed by atoms with Gasteiger partial charge in [0.05, 0.1) is 5.69 Å². The zero-order valence-electron chi connectivity index (χ0n) is 11.2. The standard InChI is InChI=1S/C15H13F3N2O/c1-9-7-8-11(12(13(9)19)15(16,17)18)20-14(21)10-5-3-2-4-6-10/h2-8H,19H2,1H3,(H,20,21). The van der Waals surface area contributed by atoms with E-state index in [0.29, 0.717) is 5.56 Å². The fraction of sp³-hybridized carbons (Fsp3) is 0.133. The Balaban J connectivity index is 2.41. The Morgan fingerprint density at radius 1 is 1.10 bits per heavy atom. The van der Waals surface area contributed by atoms with Gasteiger partial charge in [-0.25, -0.2) is 0 Å². The van der Waals surface area contributed by atoms with Crippen molar-refractivity contribution in [2.45, 2.75) is 13.1 Å². The Kier molecular flexibility index (Phi) is 3.88. The van der Waals surface area contributed by atoms with Crippen molar-refractivity contribution < 1.29 is 18.0 Å². The van der Waals surface area contributed by atoms with Crippen LogP contribution in [-0.4, -0.2) is 5.91 Å². The fourth-order valence-corrected chi connectivity index (χ4v) is 1.92. The van der Waals surface area contributed by atoms with E-state index >= 15 is 0 Å². The number of rotatable bonds is 2. The van der Waals surface area contributed by atoms with E-state index in [0.717, 1.165) is 0 Å². The van der Waals surface area contributed by atoms with Gasteiger partial charge in [-0.3, -0.25) is 4.79 Å². The number of benzene rings is 2. The number of carbonyl (C=O) groups is 1. The molecule has 2 rings (SSSR count). The van der Waals surface area contributed by atoms with Crippen LogP contribution in [0.25, 0.3) is 0 Å². The summed E-state index contributed by atoms with van der Waals surface area (Å²) in [5, 5.41) is 2.26. The van der Waals surface area contributed by atoms with Crippen molar-refractivity contribution >= 4 is 17.3 Å². The smallest absolute Gasteiger partial charge is 0.398 e. The van der Waals surface area contributed by atoms with Gasteiger partial charge in [-0.1, -0.05) is 24.3 Å². The van der Waals surface area contributed by atoms with Crippen LogP contribution in [0.15, 0.2) is 42.5 Å². The maximum Gasteiger partial charge on any atom is 0.420 e. The molecule has 0 radical (unpaired) electrons. The summed E-state index contributed by atoms with van der Waals surface area (Å²) in [4.78, 5) is 12.0. The molecule has 6 heteroatoms. The van der Waals surface area contributed by atoms with Crippen molar-refractivity contribution in [3.05, 3.63) is 59.2 Å². The number of amides is 1. The summed E-state index contributed by atoms with van der Waals surface area (Å²) in [6.07, 6.45) is -4.64. The summed E-state index contributed by atoms with van der Waals surface area (Å²) < 4.78 is 39.3. The highest BCUT2D eigenvalue weighted by molar-refractivity contribution is 6.05. The quantitative estimate of drug-likeness (QED) is 0.827. The largest absolute Gasteiger partial charge is 0.420 e. The van der Waals surface area contributed by atoms with Gasteiger partial charge >= 0.3 is 6.18 Å². The number of halogens is 3. The lowest BCUT2D eigenvalue weighted by atomic mass is 10.0. The lowest BCUT2D eigenvalue weighted by molar-refractivity contribution is -0.136. The topological polar surface area (TPSA) is 55.1 Å². The van der Waals surface area contributed by atoms with Crippen LogP contribution in [0.1, 0.15) is 21.5 Å². The molecule has 2 aromatic rings. The van der Waals surface area contributed by atoms with E-state index < -0.39 is 17.6 Å². The Labute approximate surface area is 119 Å². The average molecular weight is 294 g/mol. The van der Waals surface area contributed by atoms with E-state index in [1.54, 1.807) is 18.2 Å². The molecule has 0 atom stereocenters. The lowest BCUT2D eigenvalue weighted by Gasteiger charge is -2.17. The molecular formula is C15H13F3N2O. The number of carbonyl (C=O) groups excluding carboxylic acids is 1. The predicted molar refractivity (Wildman–Crippen MR) is 75.0 cm³/mol. The van der Waals surface area contributed by atoms with Crippen LogP contribution in [-0.2, 0) is 6.18 Å². The van der Waals surface area contributed by atoms with Crippen molar-refractivity contribution in [3.63, 3.8) is 0 Å². The maximum absolute atomic E-state index is 13.1. The number of hydrogen-bond acceptors (Lipinski definition) is 2. The van der Waals surface area contributed by atoms with Gasteiger partial charge in [-0.05, 0) is 30.7 Å². The number of nitrogens with two attached hydrogens (primary N) is 1. The van der Waals surface area contributed by atoms with Crippen molar-refractivity contribution in [1.82, 2.24) is 0 Å². The molecule has 0 spiro atoms. The average Bonchev–Trinajstić information content (AvgIpc) is 2.42. The molecule has 3 nitrogen and oxygen atoms in total. The van der Waals surface area contributed by atoms with Crippen LogP contribution < -0.4 is 11.1 Å². The molecular weight excluding hydrogens is 281 g/mol. The number of anilines is 2. The normalized spacial score (nSPS) is 11.2. The molecule has 0 bridgehead atoms. The van der Waals surface area contributed by atoms with Gasteiger partial charge in [0.25, 0.3) is 5.91 Å². The monoisotopic (exact) mass is 294 g/mol. The molecule has 0 aliphatic rings. The Bertz CT molecular complexity index is 667. The molecule has 21 heavy (non-hydrogen) atoms. The minimum absolute atomic E-state index is 0.268. The highest BCUT2D eigenvalue weighted by Gasteiger charge is 2.37. The first kappa shape index (κ1) is 14.9. The van der Waals surface area contributed by atoms with Crippen molar-refractivity contribution in [2.24, 2.45) is 0 Å². The second kappa shape index (κ2) is 5.47. The number of nitrogen functional groups attached to an aromatic ring is 1. The van der Waals surface area contributed by atoms with Crippen LogP contribution in [0, 0.1) is 6.92 Å². The number of nitrogens with one attached hydrogen (secondary N) is 1. The third-order valence-corrected chi connectivity index (χ3v) is 3.03. The van der Waals surface area contributed by atoms with E-state index in [4.69, 9.17) is 5.73 Å². The molecule has 110 valence electrons. The van der Waals surface area contributed by atoms with E-state index in [9.17, 15) is 18.0 Å². The maximum atomic E-state index is 13.1. The molecule has 0 aliphatic carbocycles. The summed E-state index contributed by atoms with van der Waals surface area (Å²) in [5.74, 6) is -0.621. The Morgan fingerprint density at radius 2 is 1.71 bits per heavy atom. The van der Waals surface area contributed by atoms with Gasteiger partial charge in [-0.2, -0.15) is 13.2 Å². The molecule has 0 unspecified atom stereocenters. The molecule has 0 fully saturated rings. The number of hydrogen-bond donors (Lipinski definition) is 2. The van der Waals surface area contributed by atoms with Crippen LogP contribution in [0.4, 0.5) is 24.5 Å². The van der Waals surface area contributed by atoms with Crippen molar-refractivity contribution in [2.75, 3.05) is 11.1 Å². The van der Waals surface area contributed by atoms with E-state index in [1.165, 1.54) is 31.2 Å². The summed E-state index contributed by atoms with van der Waals surface area (Å²) in [5.41, 5.74) is 4.34. The molecule has 2 aromatic carbocycles. The molecule has 0 saturated heterocycles. The Hall–Kier alpha value is -2.50. The van der Waals surface area contributed by atoms with Crippen molar-refractivity contribution in [1.29, 1.82) is 0 Å². The highest BCUT2D eigenvalue weighted by Crippen LogP contribution is 2.40. The van der Waals surface area contributed by atoms with Crippen LogP contribution >= 0.6 is 0 Å². The van der Waals surface area contributed by atoms with Crippen molar-refractivity contribution in [3.8, 4) is 0 Å². The fourth-order valence-electron chi connectivity index (χ4n) is 1.92. The predicted octanol–water partition coefficient (Wildman–Crippen LogP) is 3.85. The second-order valence-electron chi connectivity index (χ2n) is 4.54. The van der Waals surface area contributed by atoms with E-state index in [2.05, 4.69) is 5.32 Å². The van der Waals surface area contributed by atoms with Crippen LogP contribution in [0.3, 0.4) is 0 Å². The minimum atomic E-state index is -4.64. The molecule has 1 amide bonds. The highest BCUT2D eigenvalue weighted by atomic mass is 19.4. The first-order valence-corrected chi connectivity index (χ1v) is 6.13. The van der Waals surface area contributed by atoms with Gasteiger partial charge in [0.1, 0.15) is 5.56 Å². The van der Waals surface area contributed by atoms with Gasteiger partial charge in [0, 0.05) is 11.3 Å². The zero-order chi connectivity index (χ0) is 15.6. The number of alkyl halides is 3. The molecule has 0 heterocycles. The van der Waals surface area contributed by atoms with Gasteiger partial charge in [0.2, 0.25) is 0 Å². The van der Waals surface area contributed by atoms with Crippen LogP contribution in [0.5, 0.6) is 0 Å². The first-order chi connectivity index (χ1) is 9.80. The molecule has 3 N–H and O–H groups in total. The summed E-state index contributed by atoms with van der Waals surface area (Å²) in [7, 11) is 0. The Morgan fingerprint density at radius 3 is 2.29 bits per heavy atom. The first-order valence-electron chi connectivity index (χ1n) is 6.13. The lowest BCUT2D eigenvalue weighted by Crippen LogP contribution is -2.18. The summed E-state index contributed by atoms with van der Waals surface area (Å²) >= 11 is 0. The summed E-state index contributed by atoms with van der Waals surface area (Å²) in [6, 6.07) is 10.6. The SMILES string of the molecule is Cc1ccc(NC(=O)c2ccccc2)c(C(F)(F)F)c1N. The molecule has 0 aliphatic heterocycles. The van der Waals surface area contributed by atoms with Gasteiger partial charge < -0.3 is 11.1 Å². The van der Waals surface area contributed by atoms with Gasteiger partial charge in [-0.15, -0.1) is 0 Å². The van der Waals surface area contributed by atoms with E-state index in [-0.39, 0.29) is 16.9 Å². The van der Waals surface area contributed by atoms with Gasteiger partial charge in [0.15, 0.2) is 0 Å². The second-order valence-corrected chi connectivity index (χ2v) is 4.54. The summed E-state index contributed by atoms with van der Waals surface area (Å²) in [6.45, 7) is 1.48. The third-order valence-electron chi connectivity index (χ3n) is 3.03. The van der Waals surface area contributed by atoms with Crippen LogP contribution in [0.2, 0.25) is 0 Å². The molecule has 0 saturated carbocycles.